The standard InChI is InChI=1S/C15H19Cl2N5OS/c1-2-21-5-3-11(4-6-21)18-13(23)9-24-15-20-19-14-12(17)7-10(16)8-22(14)15/h7-8,11H,2-6,9H2,1H3,(H,18,23). The molecular weight excluding hydrogens is 369 g/mol. The molecular formula is C15H19Cl2N5OS. The molecule has 3 rings (SSSR count). The zero-order valence-corrected chi connectivity index (χ0v) is 15.7. The predicted molar refractivity (Wildman–Crippen MR) is 97.0 cm³/mol. The molecule has 0 unspecified atom stereocenters. The third kappa shape index (κ3) is 4.14. The molecule has 1 N–H and O–H groups in total. The average Bonchev–Trinajstić information content (AvgIpc) is 2.97. The Morgan fingerprint density at radius 1 is 1.38 bits per heavy atom. The van der Waals surface area contributed by atoms with Crippen LogP contribution in [0.1, 0.15) is 19.8 Å². The second kappa shape index (κ2) is 7.91. The second-order valence-electron chi connectivity index (χ2n) is 5.75. The fourth-order valence-electron chi connectivity index (χ4n) is 2.79. The number of piperidine rings is 1. The number of fused-ring (bicyclic) bond motifs is 1. The van der Waals surface area contributed by atoms with Crippen LogP contribution in [-0.2, 0) is 4.79 Å². The molecule has 1 aliphatic rings. The van der Waals surface area contributed by atoms with Crippen LogP contribution in [0.2, 0.25) is 10.0 Å². The average molecular weight is 388 g/mol. The Kier molecular flexibility index (Phi) is 5.86. The summed E-state index contributed by atoms with van der Waals surface area (Å²) in [5.41, 5.74) is 0.538. The number of aromatic nitrogens is 3. The van der Waals surface area contributed by atoms with Gasteiger partial charge >= 0.3 is 0 Å². The lowest BCUT2D eigenvalue weighted by molar-refractivity contribution is -0.119. The molecule has 130 valence electrons. The molecule has 0 aliphatic carbocycles. The van der Waals surface area contributed by atoms with Crippen molar-refractivity contribution < 1.29 is 4.79 Å². The van der Waals surface area contributed by atoms with Crippen molar-refractivity contribution in [2.45, 2.75) is 31.0 Å². The van der Waals surface area contributed by atoms with Crippen LogP contribution in [0.15, 0.2) is 17.4 Å². The number of nitrogens with zero attached hydrogens (tertiary/aromatic N) is 4. The van der Waals surface area contributed by atoms with Gasteiger partial charge in [0.2, 0.25) is 5.91 Å². The Hall–Kier alpha value is -1.02. The molecule has 1 amide bonds. The van der Waals surface area contributed by atoms with E-state index in [2.05, 4.69) is 27.3 Å². The summed E-state index contributed by atoms with van der Waals surface area (Å²) in [4.78, 5) is 14.6. The lowest BCUT2D eigenvalue weighted by Gasteiger charge is -2.31. The smallest absolute Gasteiger partial charge is 0.230 e. The van der Waals surface area contributed by atoms with Crippen LogP contribution in [-0.4, -0.2) is 56.8 Å². The van der Waals surface area contributed by atoms with Crippen molar-refractivity contribution in [3.05, 3.63) is 22.3 Å². The number of hydrogen-bond acceptors (Lipinski definition) is 5. The van der Waals surface area contributed by atoms with Crippen molar-refractivity contribution in [2.24, 2.45) is 0 Å². The Bertz CT molecular complexity index is 730. The first kappa shape index (κ1) is 17.8. The van der Waals surface area contributed by atoms with Gasteiger partial charge in [-0.05, 0) is 25.5 Å². The lowest BCUT2D eigenvalue weighted by atomic mass is 10.1. The molecule has 9 heteroatoms. The molecule has 3 heterocycles. The zero-order valence-electron chi connectivity index (χ0n) is 13.3. The van der Waals surface area contributed by atoms with Crippen molar-refractivity contribution in [3.63, 3.8) is 0 Å². The van der Waals surface area contributed by atoms with E-state index in [4.69, 9.17) is 23.2 Å². The number of carbonyl (C=O) groups is 1. The van der Waals surface area contributed by atoms with Gasteiger partial charge < -0.3 is 10.2 Å². The summed E-state index contributed by atoms with van der Waals surface area (Å²) >= 11 is 13.4. The van der Waals surface area contributed by atoms with Gasteiger partial charge in [-0.15, -0.1) is 10.2 Å². The number of pyridine rings is 1. The van der Waals surface area contributed by atoms with Crippen LogP contribution in [0.5, 0.6) is 0 Å². The van der Waals surface area contributed by atoms with E-state index in [0.717, 1.165) is 32.5 Å². The maximum Gasteiger partial charge on any atom is 0.230 e. The normalized spacial score (nSPS) is 16.6. The van der Waals surface area contributed by atoms with Crippen LogP contribution in [0.3, 0.4) is 0 Å². The highest BCUT2D eigenvalue weighted by molar-refractivity contribution is 7.99. The van der Waals surface area contributed by atoms with E-state index in [9.17, 15) is 4.79 Å². The third-order valence-corrected chi connectivity index (χ3v) is 5.56. The highest BCUT2D eigenvalue weighted by atomic mass is 35.5. The topological polar surface area (TPSA) is 62.5 Å². The Labute approximate surface area is 154 Å². The van der Waals surface area contributed by atoms with Crippen LogP contribution in [0.25, 0.3) is 5.65 Å². The van der Waals surface area contributed by atoms with Gasteiger partial charge in [-0.1, -0.05) is 41.9 Å². The first-order valence-corrected chi connectivity index (χ1v) is 9.65. The first-order chi connectivity index (χ1) is 11.6. The SMILES string of the molecule is CCN1CCC(NC(=O)CSc2nnc3c(Cl)cc(Cl)cn23)CC1. The minimum Gasteiger partial charge on any atom is -0.353 e. The predicted octanol–water partition coefficient (Wildman–Crippen LogP) is 2.73. The molecule has 0 atom stereocenters. The van der Waals surface area contributed by atoms with Gasteiger partial charge in [0.15, 0.2) is 10.8 Å². The van der Waals surface area contributed by atoms with Crippen molar-refractivity contribution in [3.8, 4) is 0 Å². The van der Waals surface area contributed by atoms with Crippen molar-refractivity contribution >= 4 is 46.5 Å². The van der Waals surface area contributed by atoms with Crippen LogP contribution >= 0.6 is 35.0 Å². The summed E-state index contributed by atoms with van der Waals surface area (Å²) in [5, 5.41) is 12.8. The molecule has 1 saturated heterocycles. The van der Waals surface area contributed by atoms with Gasteiger partial charge in [0, 0.05) is 25.3 Å². The van der Waals surface area contributed by atoms with Gasteiger partial charge in [0.1, 0.15) is 0 Å². The van der Waals surface area contributed by atoms with Gasteiger partial charge in [-0.3, -0.25) is 9.20 Å². The van der Waals surface area contributed by atoms with Crippen molar-refractivity contribution in [1.82, 2.24) is 24.8 Å². The van der Waals surface area contributed by atoms with Crippen LogP contribution in [0.4, 0.5) is 0 Å². The number of carbonyl (C=O) groups excluding carboxylic acids is 1. The molecule has 0 radical (unpaired) electrons. The molecule has 6 nitrogen and oxygen atoms in total. The number of thioether (sulfide) groups is 1. The summed E-state index contributed by atoms with van der Waals surface area (Å²) < 4.78 is 1.71. The van der Waals surface area contributed by atoms with Crippen molar-refractivity contribution in [2.75, 3.05) is 25.4 Å². The van der Waals surface area contributed by atoms with E-state index in [0.29, 0.717) is 26.6 Å². The van der Waals surface area contributed by atoms with E-state index in [1.165, 1.54) is 11.8 Å². The van der Waals surface area contributed by atoms with E-state index in [-0.39, 0.29) is 11.9 Å². The Balaban J connectivity index is 1.55. The molecule has 1 aliphatic heterocycles. The molecule has 0 saturated carbocycles. The first-order valence-electron chi connectivity index (χ1n) is 7.91. The molecule has 2 aromatic heterocycles. The van der Waals surface area contributed by atoms with E-state index in [1.54, 1.807) is 16.7 Å². The molecule has 2 aromatic rings. The highest BCUT2D eigenvalue weighted by Crippen LogP contribution is 2.25. The van der Waals surface area contributed by atoms with Crippen LogP contribution in [0, 0.1) is 0 Å². The molecule has 0 aromatic carbocycles. The lowest BCUT2D eigenvalue weighted by Crippen LogP contribution is -2.45. The van der Waals surface area contributed by atoms with Crippen LogP contribution < -0.4 is 5.32 Å². The summed E-state index contributed by atoms with van der Waals surface area (Å²) in [6.45, 7) is 5.32. The fraction of sp³-hybridized carbons (Fsp3) is 0.533. The minimum absolute atomic E-state index is 0.0137. The fourth-order valence-corrected chi connectivity index (χ4v) is 4.02. The molecule has 0 spiro atoms. The van der Waals surface area contributed by atoms with E-state index in [1.807, 2.05) is 0 Å². The number of nitrogens with one attached hydrogen (secondary N) is 1. The zero-order chi connectivity index (χ0) is 17.1. The van der Waals surface area contributed by atoms with E-state index < -0.39 is 0 Å². The van der Waals surface area contributed by atoms with Gasteiger partial charge in [-0.2, -0.15) is 0 Å². The monoisotopic (exact) mass is 387 g/mol. The highest BCUT2D eigenvalue weighted by Gasteiger charge is 2.20. The number of hydrogen-bond donors (Lipinski definition) is 1. The molecule has 24 heavy (non-hydrogen) atoms. The quantitative estimate of drug-likeness (QED) is 0.799. The van der Waals surface area contributed by atoms with Gasteiger partial charge in [0.25, 0.3) is 0 Å². The molecule has 1 fully saturated rings. The third-order valence-electron chi connectivity index (χ3n) is 4.13. The second-order valence-corrected chi connectivity index (χ2v) is 7.53. The van der Waals surface area contributed by atoms with Gasteiger partial charge in [0.05, 0.1) is 15.8 Å². The number of amides is 1. The summed E-state index contributed by atoms with van der Waals surface area (Å²) in [6.07, 6.45) is 3.70. The minimum atomic E-state index is 0.0137. The number of likely N-dealkylation sites (tertiary alicyclic amines) is 1. The summed E-state index contributed by atoms with van der Waals surface area (Å²) in [5.74, 6) is 0.304. The summed E-state index contributed by atoms with van der Waals surface area (Å²) in [6, 6.07) is 1.89. The number of rotatable bonds is 5. The molecule has 0 bridgehead atoms. The van der Waals surface area contributed by atoms with Gasteiger partial charge in [-0.25, -0.2) is 0 Å². The maximum atomic E-state index is 12.2. The number of halogens is 2. The Morgan fingerprint density at radius 3 is 2.83 bits per heavy atom. The largest absolute Gasteiger partial charge is 0.353 e. The summed E-state index contributed by atoms with van der Waals surface area (Å²) in [7, 11) is 0. The van der Waals surface area contributed by atoms with E-state index >= 15 is 0 Å². The maximum absolute atomic E-state index is 12.2. The van der Waals surface area contributed by atoms with Crippen molar-refractivity contribution in [1.29, 1.82) is 0 Å². The Morgan fingerprint density at radius 2 is 2.12 bits per heavy atom.